The Kier molecular flexibility index (Phi) is 5.76. The molecular formula is C19H37NO. The average molecular weight is 296 g/mol. The lowest BCUT2D eigenvalue weighted by molar-refractivity contribution is -0.0838. The lowest BCUT2D eigenvalue weighted by Gasteiger charge is -2.43. The van der Waals surface area contributed by atoms with E-state index in [1.54, 1.807) is 0 Å². The number of hydrogen-bond acceptors (Lipinski definition) is 2. The first kappa shape index (κ1) is 17.3. The van der Waals surface area contributed by atoms with Crippen LogP contribution in [0.25, 0.3) is 0 Å². The molecule has 0 aromatic rings. The number of rotatable bonds is 7. The predicted octanol–water partition coefficient (Wildman–Crippen LogP) is 4.78. The van der Waals surface area contributed by atoms with E-state index in [0.29, 0.717) is 0 Å². The van der Waals surface area contributed by atoms with Crippen molar-refractivity contribution in [1.29, 1.82) is 0 Å². The highest BCUT2D eigenvalue weighted by Gasteiger charge is 2.38. The van der Waals surface area contributed by atoms with Crippen molar-refractivity contribution in [2.24, 2.45) is 17.8 Å². The maximum atomic E-state index is 6.48. The molecule has 0 saturated heterocycles. The van der Waals surface area contributed by atoms with Gasteiger partial charge in [0.2, 0.25) is 0 Å². The Bertz CT molecular complexity index is 301. The van der Waals surface area contributed by atoms with Gasteiger partial charge in [0.25, 0.3) is 0 Å². The van der Waals surface area contributed by atoms with E-state index in [9.17, 15) is 0 Å². The van der Waals surface area contributed by atoms with Gasteiger partial charge in [-0.05, 0) is 70.6 Å². The van der Waals surface area contributed by atoms with E-state index < -0.39 is 0 Å². The molecule has 0 aliphatic heterocycles. The molecule has 0 spiro atoms. The molecular weight excluding hydrogens is 258 g/mol. The number of nitrogens with one attached hydrogen (secondary N) is 1. The van der Waals surface area contributed by atoms with Crippen LogP contribution in [0.4, 0.5) is 0 Å². The van der Waals surface area contributed by atoms with E-state index in [1.807, 2.05) is 0 Å². The van der Waals surface area contributed by atoms with Gasteiger partial charge in [0.15, 0.2) is 0 Å². The fourth-order valence-electron chi connectivity index (χ4n) is 3.48. The minimum Gasteiger partial charge on any atom is -0.374 e. The third kappa shape index (κ3) is 5.90. The van der Waals surface area contributed by atoms with Crippen LogP contribution in [-0.2, 0) is 4.74 Å². The van der Waals surface area contributed by atoms with Crippen LogP contribution in [0.15, 0.2) is 0 Å². The van der Waals surface area contributed by atoms with Crippen molar-refractivity contribution in [3.05, 3.63) is 0 Å². The van der Waals surface area contributed by atoms with E-state index >= 15 is 0 Å². The molecule has 2 rings (SSSR count). The Labute approximate surface area is 132 Å². The van der Waals surface area contributed by atoms with Crippen LogP contribution in [0.1, 0.15) is 79.6 Å². The first-order chi connectivity index (χ1) is 9.80. The molecule has 2 aliphatic carbocycles. The van der Waals surface area contributed by atoms with Crippen LogP contribution in [-0.4, -0.2) is 24.3 Å². The minimum atomic E-state index is 0.105. The summed E-state index contributed by atoms with van der Waals surface area (Å²) < 4.78 is 6.48. The van der Waals surface area contributed by atoms with Crippen molar-refractivity contribution in [1.82, 2.24) is 5.32 Å². The van der Waals surface area contributed by atoms with E-state index in [1.165, 1.54) is 44.9 Å². The molecule has 0 heterocycles. The van der Waals surface area contributed by atoms with Crippen molar-refractivity contribution in [2.45, 2.75) is 90.7 Å². The van der Waals surface area contributed by atoms with Crippen molar-refractivity contribution in [2.75, 3.05) is 13.2 Å². The van der Waals surface area contributed by atoms with Gasteiger partial charge in [0.1, 0.15) is 0 Å². The summed E-state index contributed by atoms with van der Waals surface area (Å²) in [7, 11) is 0. The van der Waals surface area contributed by atoms with Crippen LogP contribution in [0.3, 0.4) is 0 Å². The first-order valence-corrected chi connectivity index (χ1v) is 9.19. The highest BCUT2D eigenvalue weighted by atomic mass is 16.5. The molecule has 2 aliphatic rings. The van der Waals surface area contributed by atoms with Crippen LogP contribution < -0.4 is 5.32 Å². The topological polar surface area (TPSA) is 21.3 Å². The summed E-state index contributed by atoms with van der Waals surface area (Å²) in [6, 6.07) is 0. The second-order valence-corrected chi connectivity index (χ2v) is 8.95. The maximum Gasteiger partial charge on any atom is 0.0806 e. The third-order valence-corrected chi connectivity index (χ3v) is 5.46. The average Bonchev–Trinajstić information content (AvgIpc) is 3.20. The van der Waals surface area contributed by atoms with Crippen molar-refractivity contribution in [3.63, 3.8) is 0 Å². The molecule has 0 unspecified atom stereocenters. The Morgan fingerprint density at radius 3 is 2.19 bits per heavy atom. The zero-order chi connectivity index (χ0) is 15.5. The molecule has 1 N–H and O–H groups in total. The highest BCUT2D eigenvalue weighted by molar-refractivity contribution is 4.92. The smallest absolute Gasteiger partial charge is 0.0806 e. The predicted molar refractivity (Wildman–Crippen MR) is 90.6 cm³/mol. The summed E-state index contributed by atoms with van der Waals surface area (Å²) in [6.07, 6.45) is 9.32. The van der Waals surface area contributed by atoms with Gasteiger partial charge in [-0.25, -0.2) is 0 Å². The summed E-state index contributed by atoms with van der Waals surface area (Å²) in [5.41, 5.74) is 0.287. The molecule has 0 bridgehead atoms. The van der Waals surface area contributed by atoms with Crippen molar-refractivity contribution < 1.29 is 4.74 Å². The van der Waals surface area contributed by atoms with Crippen LogP contribution in [0.5, 0.6) is 0 Å². The summed E-state index contributed by atoms with van der Waals surface area (Å²) in [5, 5.41) is 3.71. The largest absolute Gasteiger partial charge is 0.374 e. The van der Waals surface area contributed by atoms with Gasteiger partial charge < -0.3 is 10.1 Å². The van der Waals surface area contributed by atoms with Crippen LogP contribution >= 0.6 is 0 Å². The van der Waals surface area contributed by atoms with Gasteiger partial charge in [-0.3, -0.25) is 0 Å². The highest BCUT2D eigenvalue weighted by Crippen LogP contribution is 2.39. The summed E-state index contributed by atoms with van der Waals surface area (Å²) >= 11 is 0. The minimum absolute atomic E-state index is 0.105. The fourth-order valence-corrected chi connectivity index (χ4v) is 3.48. The van der Waals surface area contributed by atoms with E-state index in [-0.39, 0.29) is 11.1 Å². The molecule has 2 fully saturated rings. The Balaban J connectivity index is 1.86. The van der Waals surface area contributed by atoms with Gasteiger partial charge in [-0.1, -0.05) is 26.7 Å². The molecule has 2 nitrogen and oxygen atoms in total. The molecule has 0 atom stereocenters. The maximum absolute atomic E-state index is 6.48. The molecule has 2 saturated carbocycles. The third-order valence-electron chi connectivity index (χ3n) is 5.46. The summed E-state index contributed by atoms with van der Waals surface area (Å²) in [4.78, 5) is 0. The quantitative estimate of drug-likeness (QED) is 0.730. The SMILES string of the molecule is CC(C)C1CCC(CNC(C)(C)C)(OCCC2CC2)CC1. The van der Waals surface area contributed by atoms with Gasteiger partial charge >= 0.3 is 0 Å². The lowest BCUT2D eigenvalue weighted by Crippen LogP contribution is -2.51. The Hall–Kier alpha value is -0.0800. The van der Waals surface area contributed by atoms with Gasteiger partial charge in [-0.15, -0.1) is 0 Å². The molecule has 0 amide bonds. The summed E-state index contributed by atoms with van der Waals surface area (Å²) in [6.45, 7) is 13.5. The normalized spacial score (nSPS) is 30.9. The van der Waals surface area contributed by atoms with E-state index in [0.717, 1.165) is 30.9 Å². The molecule has 2 heteroatoms. The lowest BCUT2D eigenvalue weighted by atomic mass is 9.74. The zero-order valence-electron chi connectivity index (χ0n) is 15.0. The Morgan fingerprint density at radius 1 is 1.10 bits per heavy atom. The van der Waals surface area contributed by atoms with Crippen molar-refractivity contribution >= 4 is 0 Å². The standard InChI is InChI=1S/C19H37NO/c1-15(2)17-8-11-19(12-9-17,14-20-18(3,4)5)21-13-10-16-6-7-16/h15-17,20H,6-14H2,1-5H3. The molecule has 0 radical (unpaired) electrons. The second-order valence-electron chi connectivity index (χ2n) is 8.95. The van der Waals surface area contributed by atoms with Gasteiger partial charge in [0, 0.05) is 18.7 Å². The van der Waals surface area contributed by atoms with Crippen LogP contribution in [0.2, 0.25) is 0 Å². The zero-order valence-corrected chi connectivity index (χ0v) is 15.0. The van der Waals surface area contributed by atoms with E-state index in [2.05, 4.69) is 39.9 Å². The van der Waals surface area contributed by atoms with Gasteiger partial charge in [-0.2, -0.15) is 0 Å². The number of hydrogen-bond donors (Lipinski definition) is 1. The monoisotopic (exact) mass is 295 g/mol. The molecule has 21 heavy (non-hydrogen) atoms. The fraction of sp³-hybridized carbons (Fsp3) is 1.00. The molecule has 0 aromatic carbocycles. The number of ether oxygens (including phenoxy) is 1. The summed E-state index contributed by atoms with van der Waals surface area (Å²) in [5.74, 6) is 2.70. The molecule has 124 valence electrons. The first-order valence-electron chi connectivity index (χ1n) is 9.19. The second kappa shape index (κ2) is 7.00. The van der Waals surface area contributed by atoms with Crippen molar-refractivity contribution in [3.8, 4) is 0 Å². The van der Waals surface area contributed by atoms with E-state index in [4.69, 9.17) is 4.74 Å². The Morgan fingerprint density at radius 2 is 1.71 bits per heavy atom. The van der Waals surface area contributed by atoms with Crippen LogP contribution in [0, 0.1) is 17.8 Å². The van der Waals surface area contributed by atoms with Gasteiger partial charge in [0.05, 0.1) is 5.60 Å². The molecule has 0 aromatic heterocycles.